The molecule has 4 aromatic carbocycles. The van der Waals surface area contributed by atoms with E-state index in [0.29, 0.717) is 11.1 Å². The van der Waals surface area contributed by atoms with Crippen LogP contribution in [0.2, 0.25) is 0 Å². The Morgan fingerprint density at radius 1 is 0.744 bits per heavy atom. The summed E-state index contributed by atoms with van der Waals surface area (Å²) in [4.78, 5) is 29.6. The van der Waals surface area contributed by atoms with Gasteiger partial charge in [-0.3, -0.25) is 4.79 Å². The highest BCUT2D eigenvalue weighted by Gasteiger charge is 2.49. The third-order valence-electron chi connectivity index (χ3n) is 10.3. The third kappa shape index (κ3) is 3.69. The molecule has 2 heterocycles. The summed E-state index contributed by atoms with van der Waals surface area (Å²) in [7, 11) is 4.07. The van der Waals surface area contributed by atoms with E-state index in [1.165, 1.54) is 16.3 Å². The number of carbonyl (C=O) groups excluding carboxylic acids is 1. The molecule has 2 N–H and O–H groups in total. The van der Waals surface area contributed by atoms with Crippen LogP contribution in [-0.4, -0.2) is 54.2 Å². The molecule has 218 valence electrons. The molecule has 3 unspecified atom stereocenters. The number of nitrogens with zero attached hydrogens (tertiary/aromatic N) is 2. The number of aliphatic hydroxyl groups is 1. The van der Waals surface area contributed by atoms with Gasteiger partial charge in [0.25, 0.3) is 0 Å². The van der Waals surface area contributed by atoms with E-state index in [1.807, 2.05) is 37.4 Å². The molecule has 6 heteroatoms. The number of fused-ring (bicyclic) bond motifs is 6. The van der Waals surface area contributed by atoms with Gasteiger partial charge in [0, 0.05) is 47.4 Å². The van der Waals surface area contributed by atoms with Crippen LogP contribution in [0.1, 0.15) is 49.2 Å². The predicted octanol–water partition coefficient (Wildman–Crippen LogP) is 6.38. The van der Waals surface area contributed by atoms with Crippen LogP contribution < -0.4 is 9.80 Å². The standard InChI is InChI=1S/C37H36N2O4/c1-36(2)29(38(5)27-15-12-20-9-7-8-10-23(20)31(27)36)18-25-33(40)26(34(25)41)19-30-37(3,4)32-24-14-11-22(35(42)43)17-21(24)13-16-28(32)39(30)6/h7-19,29-30,33,40H,1-6H3,(H,42,43). The summed E-state index contributed by atoms with van der Waals surface area (Å²) in [5, 5.41) is 25.1. The zero-order valence-electron chi connectivity index (χ0n) is 25.3. The lowest BCUT2D eigenvalue weighted by Gasteiger charge is -2.36. The summed E-state index contributed by atoms with van der Waals surface area (Å²) >= 11 is 0. The van der Waals surface area contributed by atoms with Crippen LogP contribution in [-0.2, 0) is 15.6 Å². The van der Waals surface area contributed by atoms with Gasteiger partial charge in [-0.2, -0.15) is 0 Å². The molecule has 2 aliphatic heterocycles. The van der Waals surface area contributed by atoms with Crippen molar-refractivity contribution in [2.75, 3.05) is 23.9 Å². The Morgan fingerprint density at radius 2 is 1.26 bits per heavy atom. The first-order valence-corrected chi connectivity index (χ1v) is 14.8. The minimum atomic E-state index is -0.952. The Kier molecular flexibility index (Phi) is 5.76. The van der Waals surface area contributed by atoms with Gasteiger partial charge < -0.3 is 20.0 Å². The van der Waals surface area contributed by atoms with Crippen molar-refractivity contribution in [3.8, 4) is 0 Å². The Labute approximate surface area is 251 Å². The van der Waals surface area contributed by atoms with E-state index in [-0.39, 0.29) is 28.8 Å². The number of ketones is 1. The second-order valence-corrected chi connectivity index (χ2v) is 13.4. The Bertz CT molecular complexity index is 1950. The predicted molar refractivity (Wildman–Crippen MR) is 172 cm³/mol. The topological polar surface area (TPSA) is 81.1 Å². The van der Waals surface area contributed by atoms with Crippen LogP contribution in [0.25, 0.3) is 21.5 Å². The van der Waals surface area contributed by atoms with Crippen LogP contribution in [0.15, 0.2) is 90.0 Å². The first kappa shape index (κ1) is 27.4. The number of aliphatic hydroxyl groups excluding tert-OH is 1. The average Bonchev–Trinajstić information content (AvgIpc) is 3.30. The van der Waals surface area contributed by atoms with Crippen molar-refractivity contribution >= 4 is 44.7 Å². The molecule has 1 aliphatic carbocycles. The third-order valence-corrected chi connectivity index (χ3v) is 10.3. The zero-order chi connectivity index (χ0) is 30.6. The fraction of sp³-hybridized carbons (Fsp3) is 0.297. The molecule has 0 amide bonds. The van der Waals surface area contributed by atoms with Crippen LogP contribution in [0, 0.1) is 0 Å². The van der Waals surface area contributed by atoms with Crippen molar-refractivity contribution in [1.82, 2.24) is 0 Å². The second-order valence-electron chi connectivity index (χ2n) is 13.4. The molecule has 0 saturated heterocycles. The molecule has 0 bridgehead atoms. The van der Waals surface area contributed by atoms with E-state index in [4.69, 9.17) is 0 Å². The number of hydrogen-bond donors (Lipinski definition) is 2. The highest BCUT2D eigenvalue weighted by molar-refractivity contribution is 6.18. The van der Waals surface area contributed by atoms with Crippen molar-refractivity contribution in [3.63, 3.8) is 0 Å². The van der Waals surface area contributed by atoms with Gasteiger partial charge in [0.2, 0.25) is 0 Å². The molecule has 6 nitrogen and oxygen atoms in total. The molecule has 3 atom stereocenters. The number of likely N-dealkylation sites (N-methyl/N-ethyl adjacent to an activating group) is 2. The van der Waals surface area contributed by atoms with E-state index < -0.39 is 17.5 Å². The maximum absolute atomic E-state index is 13.7. The van der Waals surface area contributed by atoms with E-state index in [0.717, 1.165) is 27.7 Å². The van der Waals surface area contributed by atoms with Gasteiger partial charge in [0.1, 0.15) is 6.10 Å². The maximum Gasteiger partial charge on any atom is 0.335 e. The van der Waals surface area contributed by atoms with Crippen molar-refractivity contribution < 1.29 is 19.8 Å². The van der Waals surface area contributed by atoms with E-state index in [2.05, 4.69) is 80.9 Å². The van der Waals surface area contributed by atoms with Gasteiger partial charge in [-0.25, -0.2) is 4.79 Å². The minimum Gasteiger partial charge on any atom is -0.478 e. The molecule has 3 aliphatic rings. The van der Waals surface area contributed by atoms with Crippen LogP contribution in [0.5, 0.6) is 0 Å². The van der Waals surface area contributed by atoms with Crippen molar-refractivity contribution in [2.45, 2.75) is 56.7 Å². The Hall–Kier alpha value is -4.42. The molecular weight excluding hydrogens is 536 g/mol. The molecule has 0 aromatic heterocycles. The fourth-order valence-electron chi connectivity index (χ4n) is 8.04. The number of hydrogen-bond acceptors (Lipinski definition) is 5. The smallest absolute Gasteiger partial charge is 0.335 e. The van der Waals surface area contributed by atoms with Crippen LogP contribution >= 0.6 is 0 Å². The zero-order valence-corrected chi connectivity index (χ0v) is 25.3. The lowest BCUT2D eigenvalue weighted by atomic mass is 9.72. The molecule has 7 rings (SSSR count). The largest absolute Gasteiger partial charge is 0.478 e. The Balaban J connectivity index is 1.22. The summed E-state index contributed by atoms with van der Waals surface area (Å²) in [6, 6.07) is 21.7. The van der Waals surface area contributed by atoms with Crippen LogP contribution in [0.3, 0.4) is 0 Å². The number of aromatic carboxylic acids is 1. The average molecular weight is 573 g/mol. The summed E-state index contributed by atoms with van der Waals surface area (Å²) in [5.41, 5.74) is 5.05. The molecule has 1 saturated carbocycles. The maximum atomic E-state index is 13.7. The molecule has 0 radical (unpaired) electrons. The van der Waals surface area contributed by atoms with Gasteiger partial charge in [-0.1, -0.05) is 82.3 Å². The highest BCUT2D eigenvalue weighted by atomic mass is 16.4. The van der Waals surface area contributed by atoms with Crippen LogP contribution in [0.4, 0.5) is 11.4 Å². The van der Waals surface area contributed by atoms with E-state index >= 15 is 0 Å². The number of Topliss-reactive ketones (excluding diaryl/α,β-unsaturated/α-hetero) is 1. The highest BCUT2D eigenvalue weighted by Crippen LogP contribution is 2.51. The number of carboxylic acids is 1. The molecule has 1 fully saturated rings. The second kappa shape index (κ2) is 9.04. The number of benzene rings is 4. The van der Waals surface area contributed by atoms with Gasteiger partial charge >= 0.3 is 5.97 Å². The van der Waals surface area contributed by atoms with Crippen molar-refractivity contribution in [2.24, 2.45) is 0 Å². The van der Waals surface area contributed by atoms with Gasteiger partial charge in [0.05, 0.1) is 17.6 Å². The number of carbonyl (C=O) groups is 2. The molecule has 0 spiro atoms. The van der Waals surface area contributed by atoms with Gasteiger partial charge in [-0.05, 0) is 56.9 Å². The summed E-state index contributed by atoms with van der Waals surface area (Å²) in [6.45, 7) is 8.72. The lowest BCUT2D eigenvalue weighted by molar-refractivity contribution is -0.117. The summed E-state index contributed by atoms with van der Waals surface area (Å²) in [6.07, 6.45) is 2.97. The first-order chi connectivity index (χ1) is 20.3. The molecular formula is C37H36N2O4. The Morgan fingerprint density at radius 3 is 1.79 bits per heavy atom. The van der Waals surface area contributed by atoms with Crippen molar-refractivity contribution in [3.05, 3.63) is 107 Å². The van der Waals surface area contributed by atoms with E-state index in [9.17, 15) is 19.8 Å². The molecule has 4 aromatic rings. The first-order valence-electron chi connectivity index (χ1n) is 14.8. The number of rotatable bonds is 3. The van der Waals surface area contributed by atoms with Gasteiger partial charge in [0.15, 0.2) is 5.78 Å². The number of anilines is 2. The van der Waals surface area contributed by atoms with Crippen molar-refractivity contribution in [1.29, 1.82) is 0 Å². The monoisotopic (exact) mass is 572 g/mol. The quantitative estimate of drug-likeness (QED) is 0.277. The molecule has 43 heavy (non-hydrogen) atoms. The summed E-state index contributed by atoms with van der Waals surface area (Å²) < 4.78 is 0. The van der Waals surface area contributed by atoms with Gasteiger partial charge in [-0.15, -0.1) is 0 Å². The summed E-state index contributed by atoms with van der Waals surface area (Å²) in [5.74, 6) is -1.05. The van der Waals surface area contributed by atoms with E-state index in [1.54, 1.807) is 12.1 Å². The number of carboxylic acid groups (broad SMARTS) is 1. The SMILES string of the molecule is CN1c2ccc3ccccc3c2C(C)(C)C1C=C1C(=O)C(=CC2N(C)c3ccc4cc(C(=O)O)ccc4c3C2(C)C)C1O. The minimum absolute atomic E-state index is 0.0830. The fourth-order valence-corrected chi connectivity index (χ4v) is 8.04. The normalized spacial score (nSPS) is 25.5. The lowest BCUT2D eigenvalue weighted by Crippen LogP contribution is -2.45.